The number of benzene rings is 1. The minimum absolute atomic E-state index is 0.278. The SMILES string of the molecule is CC(C)(S)OCCCNS(=O)(=O)c1ccccc1. The van der Waals surface area contributed by atoms with Crippen LogP contribution in [-0.4, -0.2) is 26.5 Å². The predicted molar refractivity (Wildman–Crippen MR) is 75.3 cm³/mol. The number of hydrogen-bond donors (Lipinski definition) is 2. The van der Waals surface area contributed by atoms with E-state index in [1.165, 1.54) is 0 Å². The van der Waals surface area contributed by atoms with Crippen molar-refractivity contribution in [1.82, 2.24) is 4.72 Å². The molecule has 0 bridgehead atoms. The van der Waals surface area contributed by atoms with Gasteiger partial charge in [-0.3, -0.25) is 0 Å². The Balaban J connectivity index is 2.36. The van der Waals surface area contributed by atoms with Crippen molar-refractivity contribution < 1.29 is 13.2 Å². The van der Waals surface area contributed by atoms with Gasteiger partial charge in [0.1, 0.15) is 4.93 Å². The van der Waals surface area contributed by atoms with Crippen molar-refractivity contribution in [2.45, 2.75) is 30.1 Å². The topological polar surface area (TPSA) is 55.4 Å². The van der Waals surface area contributed by atoms with Gasteiger partial charge in [-0.2, -0.15) is 0 Å². The lowest BCUT2D eigenvalue weighted by Gasteiger charge is -2.18. The van der Waals surface area contributed by atoms with E-state index in [0.29, 0.717) is 19.6 Å². The van der Waals surface area contributed by atoms with Crippen LogP contribution >= 0.6 is 12.6 Å². The van der Waals surface area contributed by atoms with Crippen LogP contribution in [0.4, 0.5) is 0 Å². The molecule has 0 aliphatic carbocycles. The van der Waals surface area contributed by atoms with Crippen LogP contribution in [0.15, 0.2) is 35.2 Å². The van der Waals surface area contributed by atoms with Crippen LogP contribution in [0.1, 0.15) is 20.3 Å². The number of rotatable bonds is 7. The molecular formula is C12H19NO3S2. The Labute approximate surface area is 114 Å². The molecule has 1 N–H and O–H groups in total. The molecule has 0 radical (unpaired) electrons. The van der Waals surface area contributed by atoms with Gasteiger partial charge in [-0.1, -0.05) is 18.2 Å². The van der Waals surface area contributed by atoms with E-state index in [1.54, 1.807) is 30.3 Å². The first-order chi connectivity index (χ1) is 8.31. The fourth-order valence-electron chi connectivity index (χ4n) is 1.28. The fourth-order valence-corrected chi connectivity index (χ4v) is 2.47. The zero-order valence-electron chi connectivity index (χ0n) is 10.6. The average Bonchev–Trinajstić information content (AvgIpc) is 2.28. The third kappa shape index (κ3) is 5.86. The number of thiol groups is 1. The Kier molecular flexibility index (Phi) is 5.65. The van der Waals surface area contributed by atoms with Crippen molar-refractivity contribution >= 4 is 22.7 Å². The molecular weight excluding hydrogens is 270 g/mol. The standard InChI is InChI=1S/C12H19NO3S2/c1-12(2,17)16-10-6-9-13-18(14,15)11-7-4-3-5-8-11/h3-5,7-8,13,17H,6,9-10H2,1-2H3. The van der Waals surface area contributed by atoms with E-state index in [2.05, 4.69) is 17.4 Å². The lowest BCUT2D eigenvalue weighted by Crippen LogP contribution is -2.26. The van der Waals surface area contributed by atoms with E-state index in [4.69, 9.17) is 4.74 Å². The van der Waals surface area contributed by atoms with Crippen LogP contribution in [0.3, 0.4) is 0 Å². The maximum Gasteiger partial charge on any atom is 0.240 e. The molecule has 0 heterocycles. The Morgan fingerprint density at radius 2 is 1.89 bits per heavy atom. The van der Waals surface area contributed by atoms with Gasteiger partial charge in [-0.05, 0) is 32.4 Å². The van der Waals surface area contributed by atoms with Crippen molar-refractivity contribution in [1.29, 1.82) is 0 Å². The summed E-state index contributed by atoms with van der Waals surface area (Å²) >= 11 is 4.21. The molecule has 0 unspecified atom stereocenters. The molecule has 1 rings (SSSR count). The largest absolute Gasteiger partial charge is 0.365 e. The molecule has 18 heavy (non-hydrogen) atoms. The highest BCUT2D eigenvalue weighted by Crippen LogP contribution is 2.13. The van der Waals surface area contributed by atoms with Gasteiger partial charge in [0.15, 0.2) is 0 Å². The molecule has 0 fully saturated rings. The maximum atomic E-state index is 11.8. The Morgan fingerprint density at radius 1 is 1.28 bits per heavy atom. The molecule has 0 aromatic heterocycles. The Morgan fingerprint density at radius 3 is 2.44 bits per heavy atom. The molecule has 0 spiro atoms. The molecule has 0 saturated heterocycles. The minimum atomic E-state index is -3.40. The summed E-state index contributed by atoms with van der Waals surface area (Å²) in [6.45, 7) is 4.49. The second-order valence-corrected chi connectivity index (χ2v) is 7.20. The van der Waals surface area contributed by atoms with E-state index in [1.807, 2.05) is 13.8 Å². The second kappa shape index (κ2) is 6.56. The number of nitrogens with one attached hydrogen (secondary N) is 1. The third-order valence-corrected chi connectivity index (χ3v) is 3.73. The van der Waals surface area contributed by atoms with Crippen molar-refractivity contribution in [3.8, 4) is 0 Å². The average molecular weight is 289 g/mol. The summed E-state index contributed by atoms with van der Waals surface area (Å²) in [7, 11) is -3.40. The van der Waals surface area contributed by atoms with Crippen molar-refractivity contribution in [3.05, 3.63) is 30.3 Å². The highest BCUT2D eigenvalue weighted by Gasteiger charge is 2.13. The smallest absolute Gasteiger partial charge is 0.240 e. The first-order valence-corrected chi connectivity index (χ1v) is 7.65. The van der Waals surface area contributed by atoms with Crippen molar-refractivity contribution in [2.75, 3.05) is 13.2 Å². The van der Waals surface area contributed by atoms with Gasteiger partial charge in [0.2, 0.25) is 10.0 Å². The molecule has 102 valence electrons. The van der Waals surface area contributed by atoms with Crippen LogP contribution in [0.25, 0.3) is 0 Å². The van der Waals surface area contributed by atoms with E-state index >= 15 is 0 Å². The molecule has 6 heteroatoms. The van der Waals surface area contributed by atoms with Crippen LogP contribution in [0.2, 0.25) is 0 Å². The molecule has 0 amide bonds. The summed E-state index contributed by atoms with van der Waals surface area (Å²) in [6, 6.07) is 8.30. The van der Waals surface area contributed by atoms with Gasteiger partial charge in [0, 0.05) is 13.2 Å². The van der Waals surface area contributed by atoms with Gasteiger partial charge in [-0.25, -0.2) is 13.1 Å². The highest BCUT2D eigenvalue weighted by atomic mass is 32.2. The summed E-state index contributed by atoms with van der Waals surface area (Å²) in [5.41, 5.74) is 0. The summed E-state index contributed by atoms with van der Waals surface area (Å²) in [5.74, 6) is 0. The zero-order chi connectivity index (χ0) is 13.6. The highest BCUT2D eigenvalue weighted by molar-refractivity contribution is 7.89. The van der Waals surface area contributed by atoms with E-state index in [0.717, 1.165) is 0 Å². The third-order valence-electron chi connectivity index (χ3n) is 2.12. The van der Waals surface area contributed by atoms with Gasteiger partial charge >= 0.3 is 0 Å². The van der Waals surface area contributed by atoms with E-state index in [-0.39, 0.29) is 4.90 Å². The number of hydrogen-bond acceptors (Lipinski definition) is 4. The predicted octanol–water partition coefficient (Wildman–Crippen LogP) is 2.04. The molecule has 0 atom stereocenters. The van der Waals surface area contributed by atoms with Crippen molar-refractivity contribution in [3.63, 3.8) is 0 Å². The summed E-state index contributed by atoms with van der Waals surface area (Å²) in [5, 5.41) is 0. The van der Waals surface area contributed by atoms with Crippen LogP contribution in [0, 0.1) is 0 Å². The molecule has 1 aromatic rings. The second-order valence-electron chi connectivity index (χ2n) is 4.36. The first-order valence-electron chi connectivity index (χ1n) is 5.72. The minimum Gasteiger partial charge on any atom is -0.365 e. The fraction of sp³-hybridized carbons (Fsp3) is 0.500. The zero-order valence-corrected chi connectivity index (χ0v) is 12.3. The summed E-state index contributed by atoms with van der Waals surface area (Å²) < 4.78 is 31.6. The van der Waals surface area contributed by atoms with Gasteiger partial charge in [0.25, 0.3) is 0 Å². The van der Waals surface area contributed by atoms with E-state index in [9.17, 15) is 8.42 Å². The molecule has 0 saturated carbocycles. The van der Waals surface area contributed by atoms with Crippen LogP contribution in [0.5, 0.6) is 0 Å². The van der Waals surface area contributed by atoms with Crippen LogP contribution < -0.4 is 4.72 Å². The van der Waals surface area contributed by atoms with Gasteiger partial charge in [0.05, 0.1) is 4.90 Å². The normalized spacial score (nSPS) is 12.6. The van der Waals surface area contributed by atoms with Crippen molar-refractivity contribution in [2.24, 2.45) is 0 Å². The van der Waals surface area contributed by atoms with E-state index < -0.39 is 15.0 Å². The lowest BCUT2D eigenvalue weighted by atomic mass is 10.4. The van der Waals surface area contributed by atoms with Crippen LogP contribution in [-0.2, 0) is 14.8 Å². The summed E-state index contributed by atoms with van der Waals surface area (Å²) in [4.78, 5) is -0.210. The first kappa shape index (κ1) is 15.5. The lowest BCUT2D eigenvalue weighted by molar-refractivity contribution is 0.0532. The number of ether oxygens (including phenoxy) is 1. The molecule has 4 nitrogen and oxygen atoms in total. The van der Waals surface area contributed by atoms with Gasteiger partial charge < -0.3 is 4.74 Å². The quantitative estimate of drug-likeness (QED) is 0.459. The maximum absolute atomic E-state index is 11.8. The molecule has 0 aliphatic heterocycles. The monoisotopic (exact) mass is 289 g/mol. The van der Waals surface area contributed by atoms with Gasteiger partial charge in [-0.15, -0.1) is 12.6 Å². The molecule has 0 aliphatic rings. The summed E-state index contributed by atoms with van der Waals surface area (Å²) in [6.07, 6.45) is 0.607. The number of sulfonamides is 1. The Bertz CT molecular complexity index is 452. The molecule has 1 aromatic carbocycles. The Hall–Kier alpha value is -0.560.